The van der Waals surface area contributed by atoms with E-state index in [9.17, 15) is 0 Å². The van der Waals surface area contributed by atoms with E-state index >= 15 is 0 Å². The Morgan fingerprint density at radius 3 is 1.56 bits per heavy atom. The van der Waals surface area contributed by atoms with Gasteiger partial charge in [-0.1, -0.05) is 0 Å². The van der Waals surface area contributed by atoms with Gasteiger partial charge in [-0.2, -0.15) is 0 Å². The Labute approximate surface area is 101 Å². The number of rotatable bonds is 2. The lowest BCUT2D eigenvalue weighted by molar-refractivity contribution is -1.03. The van der Waals surface area contributed by atoms with Gasteiger partial charge < -0.3 is 8.97 Å². The first-order valence-corrected chi connectivity index (χ1v) is 7.44. The van der Waals surface area contributed by atoms with Crippen molar-refractivity contribution >= 4 is 0 Å². The van der Waals surface area contributed by atoms with Crippen LogP contribution in [0.1, 0.15) is 39.5 Å². The van der Waals surface area contributed by atoms with Crippen molar-refractivity contribution in [1.29, 1.82) is 0 Å². The Hall–Kier alpha value is -0.0800. The largest absolute Gasteiger partial charge is 0.315 e. The standard InChI is InChI=1S/C14H30N2/c1-3-15(4-2)11-13-16(14-12-15)9-7-5-6-8-10-16/h3-14H2,1-2H3/q+2. The Balaban J connectivity index is 1.96. The molecule has 0 N–H and O–H groups in total. The lowest BCUT2D eigenvalue weighted by atomic mass is 10.1. The Kier molecular flexibility index (Phi) is 3.91. The fourth-order valence-corrected chi connectivity index (χ4v) is 3.74. The van der Waals surface area contributed by atoms with Gasteiger partial charge in [0.15, 0.2) is 0 Å². The molecule has 2 aliphatic rings. The van der Waals surface area contributed by atoms with Crippen LogP contribution in [0.4, 0.5) is 0 Å². The van der Waals surface area contributed by atoms with E-state index in [1.165, 1.54) is 87.0 Å². The van der Waals surface area contributed by atoms with Crippen molar-refractivity contribution in [2.75, 3.05) is 52.4 Å². The zero-order valence-corrected chi connectivity index (χ0v) is 11.4. The van der Waals surface area contributed by atoms with Gasteiger partial charge in [-0.05, 0) is 39.5 Å². The van der Waals surface area contributed by atoms with E-state index < -0.39 is 0 Å². The molecule has 2 saturated heterocycles. The molecule has 16 heavy (non-hydrogen) atoms. The quantitative estimate of drug-likeness (QED) is 0.634. The molecule has 2 heterocycles. The van der Waals surface area contributed by atoms with Crippen molar-refractivity contribution < 1.29 is 8.97 Å². The highest BCUT2D eigenvalue weighted by atomic mass is 15.5. The molecule has 0 unspecified atom stereocenters. The molecule has 0 aromatic carbocycles. The first-order chi connectivity index (χ1) is 7.74. The molecule has 1 spiro atoms. The molecule has 2 heteroatoms. The number of hydrogen-bond donors (Lipinski definition) is 0. The third kappa shape index (κ3) is 2.43. The highest BCUT2D eigenvalue weighted by Crippen LogP contribution is 2.24. The van der Waals surface area contributed by atoms with E-state index in [0.717, 1.165) is 0 Å². The smallest absolute Gasteiger partial charge is 0.129 e. The predicted molar refractivity (Wildman–Crippen MR) is 69.3 cm³/mol. The number of hydrogen-bond acceptors (Lipinski definition) is 0. The van der Waals surface area contributed by atoms with Crippen LogP contribution in [-0.4, -0.2) is 61.3 Å². The summed E-state index contributed by atoms with van der Waals surface area (Å²) in [5, 5.41) is 0. The number of piperazine rings is 1. The fraction of sp³-hybridized carbons (Fsp3) is 1.00. The number of likely N-dealkylation sites (N-methyl/N-ethyl adjacent to an activating group) is 1. The van der Waals surface area contributed by atoms with Crippen LogP contribution in [0.25, 0.3) is 0 Å². The predicted octanol–water partition coefficient (Wildman–Crippen LogP) is 2.25. The molecule has 0 aromatic heterocycles. The lowest BCUT2D eigenvalue weighted by Crippen LogP contribution is -2.66. The molecular weight excluding hydrogens is 196 g/mol. The normalized spacial score (nSPS) is 28.9. The second kappa shape index (κ2) is 5.05. The first-order valence-electron chi connectivity index (χ1n) is 7.44. The summed E-state index contributed by atoms with van der Waals surface area (Å²) in [5.74, 6) is 0. The zero-order valence-electron chi connectivity index (χ0n) is 11.4. The third-order valence-electron chi connectivity index (χ3n) is 5.45. The average Bonchev–Trinajstić information content (AvgIpc) is 2.57. The maximum absolute atomic E-state index is 2.38. The van der Waals surface area contributed by atoms with Gasteiger partial charge in [0.2, 0.25) is 0 Å². The van der Waals surface area contributed by atoms with Crippen LogP contribution in [0.2, 0.25) is 0 Å². The van der Waals surface area contributed by atoms with Gasteiger partial charge in [0.1, 0.15) is 26.2 Å². The summed E-state index contributed by atoms with van der Waals surface area (Å²) in [6, 6.07) is 0. The molecule has 2 aliphatic heterocycles. The van der Waals surface area contributed by atoms with E-state index in [-0.39, 0.29) is 0 Å². The highest BCUT2D eigenvalue weighted by molar-refractivity contribution is 4.58. The van der Waals surface area contributed by atoms with Crippen LogP contribution < -0.4 is 0 Å². The molecule has 0 atom stereocenters. The van der Waals surface area contributed by atoms with E-state index in [1.807, 2.05) is 0 Å². The van der Waals surface area contributed by atoms with Gasteiger partial charge in [0.05, 0.1) is 26.2 Å². The second-order valence-corrected chi connectivity index (χ2v) is 6.07. The Morgan fingerprint density at radius 2 is 1.12 bits per heavy atom. The van der Waals surface area contributed by atoms with Crippen LogP contribution in [-0.2, 0) is 0 Å². The van der Waals surface area contributed by atoms with Crippen LogP contribution in [0.3, 0.4) is 0 Å². The summed E-state index contributed by atoms with van der Waals surface area (Å²) in [5.41, 5.74) is 0. The maximum Gasteiger partial charge on any atom is 0.129 e. The molecular formula is C14H30N2+2. The summed E-state index contributed by atoms with van der Waals surface area (Å²) in [6.07, 6.45) is 5.94. The van der Waals surface area contributed by atoms with Gasteiger partial charge in [0, 0.05) is 0 Å². The van der Waals surface area contributed by atoms with Crippen LogP contribution in [0.15, 0.2) is 0 Å². The molecule has 0 amide bonds. The van der Waals surface area contributed by atoms with Gasteiger partial charge in [-0.25, -0.2) is 0 Å². The molecule has 0 saturated carbocycles. The summed E-state index contributed by atoms with van der Waals surface area (Å²) in [4.78, 5) is 0. The van der Waals surface area contributed by atoms with Crippen molar-refractivity contribution in [2.24, 2.45) is 0 Å². The van der Waals surface area contributed by atoms with Crippen LogP contribution in [0.5, 0.6) is 0 Å². The highest BCUT2D eigenvalue weighted by Gasteiger charge is 2.40. The molecule has 0 radical (unpaired) electrons. The van der Waals surface area contributed by atoms with Crippen molar-refractivity contribution in [3.8, 4) is 0 Å². The van der Waals surface area contributed by atoms with Crippen molar-refractivity contribution in [1.82, 2.24) is 0 Å². The minimum atomic E-state index is 1.34. The van der Waals surface area contributed by atoms with E-state index in [2.05, 4.69) is 13.8 Å². The fourth-order valence-electron chi connectivity index (χ4n) is 3.74. The molecule has 94 valence electrons. The summed E-state index contributed by atoms with van der Waals surface area (Å²) >= 11 is 0. The van der Waals surface area contributed by atoms with E-state index in [1.54, 1.807) is 0 Å². The minimum Gasteiger partial charge on any atom is -0.315 e. The lowest BCUT2D eigenvalue weighted by Gasteiger charge is -2.49. The summed E-state index contributed by atoms with van der Waals surface area (Å²) < 4.78 is 2.86. The van der Waals surface area contributed by atoms with Crippen LogP contribution in [0, 0.1) is 0 Å². The van der Waals surface area contributed by atoms with Gasteiger partial charge in [0.25, 0.3) is 0 Å². The molecule has 0 bridgehead atoms. The second-order valence-electron chi connectivity index (χ2n) is 6.07. The van der Waals surface area contributed by atoms with E-state index in [4.69, 9.17) is 0 Å². The average molecular weight is 226 g/mol. The van der Waals surface area contributed by atoms with Gasteiger partial charge >= 0.3 is 0 Å². The van der Waals surface area contributed by atoms with Gasteiger partial charge in [-0.3, -0.25) is 0 Å². The van der Waals surface area contributed by atoms with Crippen molar-refractivity contribution in [3.05, 3.63) is 0 Å². The van der Waals surface area contributed by atoms with Crippen LogP contribution >= 0.6 is 0 Å². The minimum absolute atomic E-state index is 1.34. The molecule has 2 nitrogen and oxygen atoms in total. The summed E-state index contributed by atoms with van der Waals surface area (Å²) in [6.45, 7) is 16.2. The number of nitrogens with zero attached hydrogens (tertiary/aromatic N) is 2. The first kappa shape index (κ1) is 12.4. The monoisotopic (exact) mass is 226 g/mol. The molecule has 0 aromatic rings. The van der Waals surface area contributed by atoms with Gasteiger partial charge in [-0.15, -0.1) is 0 Å². The Bertz CT molecular complexity index is 201. The van der Waals surface area contributed by atoms with Crippen molar-refractivity contribution in [3.63, 3.8) is 0 Å². The zero-order chi connectivity index (χ0) is 11.5. The Morgan fingerprint density at radius 1 is 0.625 bits per heavy atom. The van der Waals surface area contributed by atoms with E-state index in [0.29, 0.717) is 0 Å². The molecule has 0 aliphatic carbocycles. The molecule has 2 fully saturated rings. The SMILES string of the molecule is CC[N+]1(CC)CC[N+]2(CCCCCC2)CC1. The maximum atomic E-state index is 2.38. The molecule has 2 rings (SSSR count). The van der Waals surface area contributed by atoms with Crippen molar-refractivity contribution in [2.45, 2.75) is 39.5 Å². The number of quaternary nitrogens is 2. The third-order valence-corrected chi connectivity index (χ3v) is 5.45. The topological polar surface area (TPSA) is 0 Å². The summed E-state index contributed by atoms with van der Waals surface area (Å²) in [7, 11) is 0.